The Labute approximate surface area is 682 Å². The van der Waals surface area contributed by atoms with Crippen LogP contribution in [0.4, 0.5) is 8.78 Å². The fourth-order valence-corrected chi connectivity index (χ4v) is 13.2. The fourth-order valence-electron chi connectivity index (χ4n) is 12.0. The molecule has 10 aromatic carbocycles. The third kappa shape index (κ3) is 27.2. The molecule has 1 aliphatic heterocycles. The van der Waals surface area contributed by atoms with Gasteiger partial charge in [-0.3, -0.25) is 0 Å². The highest BCUT2D eigenvalue weighted by molar-refractivity contribution is 6.32. The number of aryl methyl sites for hydroxylation is 1. The molecule has 0 atom stereocenters. The molecule has 14 heteroatoms. The molecule has 0 radical (unpaired) electrons. The maximum Gasteiger partial charge on any atom is 0.179 e. The molecule has 0 bridgehead atoms. The van der Waals surface area contributed by atoms with Crippen molar-refractivity contribution in [3.63, 3.8) is 0 Å². The number of nitrogens with zero attached hydrogens (tertiary/aromatic N) is 7. The Hall–Kier alpha value is -10.5. The molecule has 0 saturated heterocycles. The van der Waals surface area contributed by atoms with Crippen molar-refractivity contribution in [1.29, 1.82) is 36.8 Å². The van der Waals surface area contributed by atoms with E-state index in [1.165, 1.54) is 45.8 Å². The lowest BCUT2D eigenvalue weighted by Crippen LogP contribution is -2.21. The summed E-state index contributed by atoms with van der Waals surface area (Å²) in [6.07, 6.45) is 0. The van der Waals surface area contributed by atoms with E-state index in [-0.39, 0.29) is 55.0 Å². The standard InChI is InChI=1S/C15H14FN.C15H15N.C13H15NO2.2C11H12ClN.C11H15Cl.C11H12FN.C11H13N/c1-15(2,3)14-7-4-10(9-17)12-6-5-11(16)8-13(12)14;1-15(2,3)14-9-8-11(10-16)12-6-4-5-7-13(12)14;1-13(2,3)10-5-4-9(8-14)11-12(10)16-7-6-15-11;1-11(2,3)9-5-4-8(7-13)10(12)6-9;1-11(2,3)9-5-4-8(7-13)6-10(9)12;1-8-6-5-7-9(12)10(8)11(2,3)4;1-11(2,3)9-5-4-8(7-13)6-10(9)12;1-11(2,3)10-6-4-9(8-12)5-7-10/h4-8H,1-3H3;4-9H,1-3H3;4-5H,6-7H2,1-3H3;2*4-6H,1-3H3;5-7H,1-4H3;4-6H,1-3H3;4-7H,1-3H3. The molecule has 0 spiro atoms. The molecule has 112 heavy (non-hydrogen) atoms. The van der Waals surface area contributed by atoms with Gasteiger partial charge in [0.1, 0.15) is 37.0 Å². The topological polar surface area (TPSA) is 185 Å². The fraction of sp³-hybridized carbons (Fsp3) is 0.357. The SMILES string of the molecule is CC(C)(C)c1ccc(C#N)c(Cl)c1.CC(C)(C)c1ccc(C#N)c2c1OCCO2.CC(C)(C)c1ccc(C#N)c2ccc(F)cc12.CC(C)(C)c1ccc(C#N)c2ccccc12.CC(C)(C)c1ccc(C#N)cc1.CC(C)(C)c1ccc(C#N)cc1Cl.CC(C)(C)c1ccc(C#N)cc1F.Cc1cccc(Cl)c1C(C)(C)C. The Morgan fingerprint density at radius 3 is 1.12 bits per heavy atom. The van der Waals surface area contributed by atoms with E-state index in [4.69, 9.17) is 81.1 Å². The highest BCUT2D eigenvalue weighted by Crippen LogP contribution is 2.43. The monoisotopic (exact) mass is 1560 g/mol. The van der Waals surface area contributed by atoms with Crippen LogP contribution in [0.1, 0.15) is 255 Å². The molecule has 9 nitrogen and oxygen atoms in total. The molecular formula is C98H108Cl3F2N7O2. The van der Waals surface area contributed by atoms with E-state index in [9.17, 15) is 8.78 Å². The summed E-state index contributed by atoms with van der Waals surface area (Å²) >= 11 is 18.1. The minimum Gasteiger partial charge on any atom is -0.486 e. The van der Waals surface area contributed by atoms with Crippen LogP contribution in [0.3, 0.4) is 0 Å². The van der Waals surface area contributed by atoms with Gasteiger partial charge in [-0.1, -0.05) is 292 Å². The van der Waals surface area contributed by atoms with E-state index in [1.807, 2.05) is 124 Å². The first kappa shape index (κ1) is 93.9. The van der Waals surface area contributed by atoms with Crippen LogP contribution in [-0.2, 0) is 43.3 Å². The van der Waals surface area contributed by atoms with Crippen LogP contribution in [0.25, 0.3) is 21.5 Å². The molecule has 0 aromatic heterocycles. The number of halogens is 5. The minimum absolute atomic E-state index is 0.0151. The van der Waals surface area contributed by atoms with Crippen LogP contribution in [0.2, 0.25) is 15.1 Å². The van der Waals surface area contributed by atoms with Crippen molar-refractivity contribution in [2.24, 2.45) is 0 Å². The smallest absolute Gasteiger partial charge is 0.179 e. The Kier molecular flexibility index (Phi) is 33.2. The molecule has 1 aliphatic rings. The van der Waals surface area contributed by atoms with Crippen molar-refractivity contribution in [2.45, 2.75) is 216 Å². The Balaban J connectivity index is 0.000000271. The van der Waals surface area contributed by atoms with Crippen LogP contribution in [0, 0.1) is 97.9 Å². The summed E-state index contributed by atoms with van der Waals surface area (Å²) in [5.41, 5.74) is 14.5. The van der Waals surface area contributed by atoms with Gasteiger partial charge in [-0.15, -0.1) is 0 Å². The molecule has 0 saturated carbocycles. The van der Waals surface area contributed by atoms with Gasteiger partial charge in [-0.05, 0) is 201 Å². The lowest BCUT2D eigenvalue weighted by atomic mass is 9.83. The van der Waals surface area contributed by atoms with E-state index in [2.05, 4.69) is 201 Å². The molecule has 1 heterocycles. The van der Waals surface area contributed by atoms with Gasteiger partial charge in [-0.2, -0.15) is 36.8 Å². The third-order valence-electron chi connectivity index (χ3n) is 18.0. The number of hydrogen-bond donors (Lipinski definition) is 0. The molecule has 0 amide bonds. The van der Waals surface area contributed by atoms with Gasteiger partial charge >= 0.3 is 0 Å². The lowest BCUT2D eigenvalue weighted by molar-refractivity contribution is 0.167. The summed E-state index contributed by atoms with van der Waals surface area (Å²) < 4.78 is 37.9. The largest absolute Gasteiger partial charge is 0.486 e. The molecule has 0 fully saturated rings. The predicted molar refractivity (Wildman–Crippen MR) is 460 cm³/mol. The summed E-state index contributed by atoms with van der Waals surface area (Å²) in [6, 6.07) is 68.2. The summed E-state index contributed by atoms with van der Waals surface area (Å²) in [6.45, 7) is 53.8. The van der Waals surface area contributed by atoms with Gasteiger partial charge in [0.2, 0.25) is 0 Å². The number of fused-ring (bicyclic) bond motifs is 3. The first-order chi connectivity index (χ1) is 51.8. The normalized spacial score (nSPS) is 11.7. The van der Waals surface area contributed by atoms with Crippen molar-refractivity contribution in [2.75, 3.05) is 13.2 Å². The van der Waals surface area contributed by atoms with E-state index in [1.54, 1.807) is 48.5 Å². The number of rotatable bonds is 0. The van der Waals surface area contributed by atoms with Crippen LogP contribution >= 0.6 is 34.8 Å². The molecule has 0 aliphatic carbocycles. The van der Waals surface area contributed by atoms with Crippen molar-refractivity contribution in [3.05, 3.63) is 292 Å². The summed E-state index contributed by atoms with van der Waals surface area (Å²) in [7, 11) is 0. The highest BCUT2D eigenvalue weighted by Gasteiger charge is 2.28. The van der Waals surface area contributed by atoms with Gasteiger partial charge in [-0.25, -0.2) is 8.78 Å². The van der Waals surface area contributed by atoms with Crippen molar-refractivity contribution < 1.29 is 18.3 Å². The number of hydrogen-bond acceptors (Lipinski definition) is 9. The molecule has 0 N–H and O–H groups in total. The second kappa shape index (κ2) is 39.6. The second-order valence-corrected chi connectivity index (χ2v) is 36.7. The van der Waals surface area contributed by atoms with E-state index in [0.29, 0.717) is 62.4 Å². The van der Waals surface area contributed by atoms with Crippen LogP contribution in [0.15, 0.2) is 176 Å². The van der Waals surface area contributed by atoms with Crippen molar-refractivity contribution in [1.82, 2.24) is 0 Å². The zero-order valence-corrected chi connectivity index (χ0v) is 72.3. The van der Waals surface area contributed by atoms with E-state index in [0.717, 1.165) is 60.3 Å². The van der Waals surface area contributed by atoms with Crippen LogP contribution in [-0.4, -0.2) is 13.2 Å². The average molecular weight is 1560 g/mol. The van der Waals surface area contributed by atoms with E-state index >= 15 is 0 Å². The number of benzene rings is 10. The second-order valence-electron chi connectivity index (χ2n) is 35.4. The van der Waals surface area contributed by atoms with Gasteiger partial charge in [0.15, 0.2) is 11.5 Å². The quantitative estimate of drug-likeness (QED) is 0.142. The first-order valence-electron chi connectivity index (χ1n) is 37.1. The summed E-state index contributed by atoms with van der Waals surface area (Å²) in [5.74, 6) is 0.767. The molecule has 0 unspecified atom stereocenters. The lowest BCUT2D eigenvalue weighted by Gasteiger charge is -2.27. The van der Waals surface area contributed by atoms with Gasteiger partial charge < -0.3 is 9.47 Å². The summed E-state index contributed by atoms with van der Waals surface area (Å²) in [5, 5.41) is 67.6. The third-order valence-corrected chi connectivity index (χ3v) is 18.9. The number of nitriles is 7. The van der Waals surface area contributed by atoms with Gasteiger partial charge in [0, 0.05) is 15.6 Å². The zero-order chi connectivity index (χ0) is 84.9. The van der Waals surface area contributed by atoms with Gasteiger partial charge in [0.25, 0.3) is 0 Å². The van der Waals surface area contributed by atoms with E-state index < -0.39 is 0 Å². The summed E-state index contributed by atoms with van der Waals surface area (Å²) in [4.78, 5) is 0. The maximum absolute atomic E-state index is 13.4. The molecular weight excluding hydrogens is 1450 g/mol. The highest BCUT2D eigenvalue weighted by atomic mass is 35.5. The predicted octanol–water partition coefficient (Wildman–Crippen LogP) is 27.6. The maximum atomic E-state index is 13.4. The number of ether oxygens (including phenoxy) is 2. The Morgan fingerprint density at radius 1 is 0.295 bits per heavy atom. The van der Waals surface area contributed by atoms with Crippen LogP contribution in [0.5, 0.6) is 11.5 Å². The van der Waals surface area contributed by atoms with Gasteiger partial charge in [0.05, 0.1) is 74.3 Å². The van der Waals surface area contributed by atoms with Crippen molar-refractivity contribution >= 4 is 56.3 Å². The molecule has 582 valence electrons. The Bertz CT molecular complexity index is 5150. The Morgan fingerprint density at radius 2 is 0.696 bits per heavy atom. The van der Waals surface area contributed by atoms with Crippen molar-refractivity contribution in [3.8, 4) is 54.0 Å². The average Bonchev–Trinajstić information content (AvgIpc) is 0.782. The molecule has 10 aromatic rings. The zero-order valence-electron chi connectivity index (χ0n) is 70.0. The van der Waals surface area contributed by atoms with Crippen LogP contribution < -0.4 is 9.47 Å². The molecule has 11 rings (SSSR count). The minimum atomic E-state index is -0.299. The first-order valence-corrected chi connectivity index (χ1v) is 38.2.